The van der Waals surface area contributed by atoms with E-state index in [1.807, 2.05) is 0 Å². The van der Waals surface area contributed by atoms with Gasteiger partial charge in [0.1, 0.15) is 17.6 Å². The summed E-state index contributed by atoms with van der Waals surface area (Å²) in [6.45, 7) is 1.31. The first-order chi connectivity index (χ1) is 16.3. The Labute approximate surface area is 203 Å². The Balaban J connectivity index is 1.15. The van der Waals surface area contributed by atoms with E-state index in [0.29, 0.717) is 44.8 Å². The minimum Gasteiger partial charge on any atom is -0.484 e. The Morgan fingerprint density at radius 3 is 2.76 bits per heavy atom. The number of rotatable bonds is 6. The smallest absolute Gasteiger partial charge is 0.258 e. The average Bonchev–Trinajstić information content (AvgIpc) is 3.25. The number of halogens is 2. The van der Waals surface area contributed by atoms with Crippen molar-refractivity contribution in [3.05, 3.63) is 29.0 Å². The van der Waals surface area contributed by atoms with Gasteiger partial charge >= 0.3 is 0 Å². The van der Waals surface area contributed by atoms with Crippen molar-refractivity contribution in [3.63, 3.8) is 0 Å². The van der Waals surface area contributed by atoms with Gasteiger partial charge in [-0.3, -0.25) is 19.8 Å². The quantitative estimate of drug-likeness (QED) is 0.480. The highest BCUT2D eigenvalue weighted by molar-refractivity contribution is 6.30. The Kier molecular flexibility index (Phi) is 6.48. The van der Waals surface area contributed by atoms with Gasteiger partial charge in [0.2, 0.25) is 5.91 Å². The lowest BCUT2D eigenvalue weighted by Gasteiger charge is -2.56. The van der Waals surface area contributed by atoms with E-state index >= 15 is 0 Å². The van der Waals surface area contributed by atoms with Crippen LogP contribution in [0.4, 0.5) is 4.39 Å². The molecule has 2 bridgehead atoms. The highest BCUT2D eigenvalue weighted by Crippen LogP contribution is 2.47. The molecule has 1 aromatic rings. The number of hydrogen-bond donors (Lipinski definition) is 4. The zero-order chi connectivity index (χ0) is 23.9. The molecular weight excluding hydrogens is 463 g/mol. The number of nitrogens with one attached hydrogen (secondary N) is 3. The fourth-order valence-corrected chi connectivity index (χ4v) is 6.31. The lowest BCUT2D eigenvalue weighted by molar-refractivity contribution is -0.138. The van der Waals surface area contributed by atoms with Gasteiger partial charge in [0, 0.05) is 24.7 Å². The lowest BCUT2D eigenvalue weighted by atomic mass is 9.59. The van der Waals surface area contributed by atoms with E-state index in [1.165, 1.54) is 18.6 Å². The van der Waals surface area contributed by atoms with Crippen LogP contribution in [0.3, 0.4) is 0 Å². The number of carbonyl (C=O) groups is 2. The molecular formula is C24H32ClFN4O4. The van der Waals surface area contributed by atoms with Crippen molar-refractivity contribution in [1.29, 1.82) is 0 Å². The Morgan fingerprint density at radius 2 is 2.03 bits per heavy atom. The monoisotopic (exact) mass is 494 g/mol. The summed E-state index contributed by atoms with van der Waals surface area (Å²) >= 11 is 5.67. The number of ether oxygens (including phenoxy) is 1. The van der Waals surface area contributed by atoms with Crippen LogP contribution in [0.1, 0.15) is 51.4 Å². The third kappa shape index (κ3) is 4.51. The first-order valence-electron chi connectivity index (χ1n) is 12.2. The van der Waals surface area contributed by atoms with Crippen molar-refractivity contribution in [3.8, 4) is 5.75 Å². The van der Waals surface area contributed by atoms with Crippen molar-refractivity contribution in [2.45, 2.75) is 80.8 Å². The molecule has 0 spiro atoms. The predicted molar refractivity (Wildman–Crippen MR) is 124 cm³/mol. The lowest BCUT2D eigenvalue weighted by Crippen LogP contribution is -2.71. The molecule has 4 N–H and O–H groups in total. The first kappa shape index (κ1) is 23.8. The molecule has 2 heterocycles. The van der Waals surface area contributed by atoms with Crippen LogP contribution >= 0.6 is 11.6 Å². The van der Waals surface area contributed by atoms with E-state index < -0.39 is 23.0 Å². The number of hydrogen-bond acceptors (Lipinski definition) is 6. The summed E-state index contributed by atoms with van der Waals surface area (Å²) in [5.41, 5.74) is -1.17. The highest BCUT2D eigenvalue weighted by atomic mass is 35.5. The van der Waals surface area contributed by atoms with Crippen molar-refractivity contribution in [1.82, 2.24) is 20.9 Å². The highest BCUT2D eigenvalue weighted by Gasteiger charge is 2.56. The molecule has 5 aliphatic rings. The van der Waals surface area contributed by atoms with E-state index in [2.05, 4.69) is 20.9 Å². The van der Waals surface area contributed by atoms with Gasteiger partial charge in [-0.25, -0.2) is 4.39 Å². The summed E-state index contributed by atoms with van der Waals surface area (Å²) in [6, 6.07) is 3.83. The molecule has 1 aromatic carbocycles. The fourth-order valence-electron chi connectivity index (χ4n) is 6.19. The molecule has 0 radical (unpaired) electrons. The minimum absolute atomic E-state index is 0.0151. The van der Waals surface area contributed by atoms with Gasteiger partial charge in [-0.2, -0.15) is 0 Å². The zero-order valence-corrected chi connectivity index (χ0v) is 19.9. The predicted octanol–water partition coefficient (Wildman–Crippen LogP) is 1.69. The van der Waals surface area contributed by atoms with Crippen LogP contribution in [0.25, 0.3) is 0 Å². The normalized spacial score (nSPS) is 35.0. The van der Waals surface area contributed by atoms with Crippen molar-refractivity contribution in [2.24, 2.45) is 0 Å². The maximum absolute atomic E-state index is 13.6. The van der Waals surface area contributed by atoms with Crippen molar-refractivity contribution in [2.75, 3.05) is 19.7 Å². The molecule has 5 fully saturated rings. The van der Waals surface area contributed by atoms with Gasteiger partial charge in [0.05, 0.1) is 22.8 Å². The number of amides is 2. The molecule has 3 aliphatic carbocycles. The zero-order valence-electron chi connectivity index (χ0n) is 19.1. The third-order valence-corrected chi connectivity index (χ3v) is 8.46. The maximum Gasteiger partial charge on any atom is 0.258 e. The number of aliphatic hydroxyl groups is 1. The first-order valence-corrected chi connectivity index (χ1v) is 12.6. The standard InChI is InChI=1S/C24H32ClFN4O4/c25-16-5-4-15(11-17(16)26)34-14-21(32)28-24-8-6-23(7-9-24,12-19(24)31)29-22(33)18-13-27-20-3-1-2-10-30(18)20/h4-5,11,18-20,27,31H,1-3,6-10,12-14H2,(H,28,32)(H,29,33). The van der Waals surface area contributed by atoms with Gasteiger partial charge < -0.3 is 20.5 Å². The van der Waals surface area contributed by atoms with E-state index in [-0.39, 0.29) is 35.2 Å². The van der Waals surface area contributed by atoms with Crippen LogP contribution in [0.2, 0.25) is 5.02 Å². The van der Waals surface area contributed by atoms with Crippen LogP contribution in [-0.2, 0) is 9.59 Å². The molecule has 6 rings (SSSR count). The Hall–Kier alpha value is -1.94. The van der Waals surface area contributed by atoms with Gasteiger partial charge in [0.25, 0.3) is 5.91 Å². The van der Waals surface area contributed by atoms with Gasteiger partial charge in [-0.1, -0.05) is 11.6 Å². The number of piperidine rings is 1. The van der Waals surface area contributed by atoms with Crippen LogP contribution in [0.5, 0.6) is 5.75 Å². The van der Waals surface area contributed by atoms with Crippen molar-refractivity contribution < 1.29 is 23.8 Å². The molecule has 2 amide bonds. The second-order valence-corrected chi connectivity index (χ2v) is 10.6. The van der Waals surface area contributed by atoms with E-state index in [9.17, 15) is 19.1 Å². The van der Waals surface area contributed by atoms with Gasteiger partial charge in [-0.05, 0) is 63.5 Å². The van der Waals surface area contributed by atoms with Gasteiger partial charge in [0.15, 0.2) is 6.61 Å². The summed E-state index contributed by atoms with van der Waals surface area (Å²) in [4.78, 5) is 28.0. The number of carbonyl (C=O) groups excluding carboxylic acids is 2. The largest absolute Gasteiger partial charge is 0.484 e. The van der Waals surface area contributed by atoms with Crippen LogP contribution in [-0.4, -0.2) is 70.9 Å². The van der Waals surface area contributed by atoms with E-state index in [0.717, 1.165) is 25.5 Å². The van der Waals surface area contributed by atoms with Crippen LogP contribution in [0, 0.1) is 5.82 Å². The van der Waals surface area contributed by atoms with Crippen LogP contribution < -0.4 is 20.7 Å². The molecule has 3 atom stereocenters. The SMILES string of the molecule is O=C(COc1ccc(Cl)c(F)c1)NC12CCC(NC(=O)C3CNC4CCCCN43)(CC1)CC2O. The van der Waals surface area contributed by atoms with Crippen LogP contribution in [0.15, 0.2) is 18.2 Å². The number of fused-ring (bicyclic) bond motifs is 4. The molecule has 10 heteroatoms. The Bertz CT molecular complexity index is 955. The Morgan fingerprint density at radius 1 is 1.24 bits per heavy atom. The minimum atomic E-state index is -0.767. The van der Waals surface area contributed by atoms with E-state index in [4.69, 9.17) is 16.3 Å². The second kappa shape index (κ2) is 9.26. The van der Waals surface area contributed by atoms with Gasteiger partial charge in [-0.15, -0.1) is 0 Å². The summed E-state index contributed by atoms with van der Waals surface area (Å²) < 4.78 is 19.0. The molecule has 186 valence electrons. The topological polar surface area (TPSA) is 103 Å². The summed E-state index contributed by atoms with van der Waals surface area (Å²) in [7, 11) is 0. The summed E-state index contributed by atoms with van der Waals surface area (Å²) in [5, 5.41) is 20.7. The summed E-state index contributed by atoms with van der Waals surface area (Å²) in [5.74, 6) is -0.746. The molecule has 8 nitrogen and oxygen atoms in total. The average molecular weight is 495 g/mol. The molecule has 2 saturated heterocycles. The van der Waals surface area contributed by atoms with E-state index in [1.54, 1.807) is 0 Å². The molecule has 3 saturated carbocycles. The fraction of sp³-hybridized carbons (Fsp3) is 0.667. The molecule has 2 aliphatic heterocycles. The maximum atomic E-state index is 13.6. The number of nitrogens with zero attached hydrogens (tertiary/aromatic N) is 1. The van der Waals surface area contributed by atoms with Crippen molar-refractivity contribution >= 4 is 23.4 Å². The summed E-state index contributed by atoms with van der Waals surface area (Å²) in [6.07, 6.45) is 5.86. The number of aliphatic hydroxyl groups excluding tert-OH is 1. The number of benzene rings is 1. The molecule has 3 unspecified atom stereocenters. The second-order valence-electron chi connectivity index (χ2n) is 10.2. The molecule has 0 aromatic heterocycles. The third-order valence-electron chi connectivity index (χ3n) is 8.15. The molecule has 34 heavy (non-hydrogen) atoms.